The highest BCUT2D eigenvalue weighted by Gasteiger charge is 2.33. The third-order valence-electron chi connectivity index (χ3n) is 3.54. The Balaban J connectivity index is 1.91. The molecule has 1 N–H and O–H groups in total. The van der Waals surface area contributed by atoms with Gasteiger partial charge in [-0.05, 0) is 16.8 Å². The molecular weight excluding hydrogens is 240 g/mol. The van der Waals surface area contributed by atoms with Crippen LogP contribution in [0.2, 0.25) is 0 Å². The molecule has 4 heteroatoms. The second kappa shape index (κ2) is 4.80. The fourth-order valence-electron chi connectivity index (χ4n) is 2.54. The monoisotopic (exact) mass is 255 g/mol. The number of hydrogen-bond donors (Lipinski definition) is 1. The van der Waals surface area contributed by atoms with E-state index in [1.54, 1.807) is 6.07 Å². The van der Waals surface area contributed by atoms with Crippen molar-refractivity contribution in [1.29, 1.82) is 0 Å². The molecule has 0 unspecified atom stereocenters. The van der Waals surface area contributed by atoms with E-state index in [1.165, 1.54) is 0 Å². The van der Waals surface area contributed by atoms with E-state index in [-0.39, 0.29) is 12.1 Å². The van der Waals surface area contributed by atoms with E-state index in [4.69, 9.17) is 0 Å². The van der Waals surface area contributed by atoms with E-state index < -0.39 is 0 Å². The fraction of sp³-hybridized carbons (Fsp3) is 0.267. The highest BCUT2D eigenvalue weighted by Crippen LogP contribution is 2.19. The molecule has 0 aromatic heterocycles. The molecule has 3 rings (SSSR count). The molecule has 1 atom stereocenters. The Kier molecular flexibility index (Phi) is 2.99. The smallest absolute Gasteiger partial charge is 0.276 e. The molecule has 2 aromatic rings. The molecule has 1 saturated heterocycles. The minimum atomic E-state index is -0.383. The number of amides is 1. The van der Waals surface area contributed by atoms with Crippen molar-refractivity contribution in [1.82, 2.24) is 5.32 Å². The first-order chi connectivity index (χ1) is 9.25. The summed E-state index contributed by atoms with van der Waals surface area (Å²) in [6.45, 7) is 0.500. The largest absolute Gasteiger partial charge is 0.291 e. The molecule has 0 bridgehead atoms. The summed E-state index contributed by atoms with van der Waals surface area (Å²) in [6, 6.07) is 13.4. The molecule has 96 valence electrons. The fourth-order valence-corrected chi connectivity index (χ4v) is 2.54. The van der Waals surface area contributed by atoms with Gasteiger partial charge in [0.2, 0.25) is 0 Å². The summed E-state index contributed by atoms with van der Waals surface area (Å²) >= 11 is 0. The van der Waals surface area contributed by atoms with Crippen LogP contribution in [0.25, 0.3) is 10.8 Å². The maximum Gasteiger partial charge on any atom is 0.276 e. The van der Waals surface area contributed by atoms with Crippen molar-refractivity contribution < 1.29 is 9.55 Å². The Hall–Kier alpha value is -2.23. The average Bonchev–Trinajstić information content (AvgIpc) is 2.83. The van der Waals surface area contributed by atoms with Crippen LogP contribution >= 0.6 is 0 Å². The number of hydrogen-bond acceptors (Lipinski definition) is 2. The second-order valence-electron chi connectivity index (χ2n) is 4.80. The van der Waals surface area contributed by atoms with Gasteiger partial charge in [0, 0.05) is 28.1 Å². The zero-order valence-electron chi connectivity index (χ0n) is 10.5. The van der Waals surface area contributed by atoms with E-state index in [2.05, 4.69) is 5.32 Å². The number of carbonyl (C=O) groups is 1. The van der Waals surface area contributed by atoms with Crippen LogP contribution in [-0.2, 0) is 0 Å². The quantitative estimate of drug-likeness (QED) is 0.838. The van der Waals surface area contributed by atoms with Gasteiger partial charge in [-0.2, -0.15) is 0 Å². The summed E-state index contributed by atoms with van der Waals surface area (Å²) in [5.41, 5.74) is 0.624. The molecule has 2 aromatic carbocycles. The van der Waals surface area contributed by atoms with Gasteiger partial charge in [-0.15, -0.1) is 0 Å². The number of rotatable bonds is 2. The van der Waals surface area contributed by atoms with Gasteiger partial charge >= 0.3 is 0 Å². The minimum absolute atomic E-state index is 0.176. The Labute approximate surface area is 111 Å². The highest BCUT2D eigenvalue weighted by molar-refractivity contribution is 6.07. The van der Waals surface area contributed by atoms with Gasteiger partial charge < -0.3 is 0 Å². The first kappa shape index (κ1) is 11.8. The zero-order chi connectivity index (χ0) is 13.2. The van der Waals surface area contributed by atoms with Crippen molar-refractivity contribution in [2.45, 2.75) is 19.0 Å². The van der Waals surface area contributed by atoms with Gasteiger partial charge in [0.15, 0.2) is 6.54 Å². The lowest BCUT2D eigenvalue weighted by Gasteiger charge is -2.08. The summed E-state index contributed by atoms with van der Waals surface area (Å²) < 4.78 is 0.947. The number of benzene rings is 2. The van der Waals surface area contributed by atoms with Crippen LogP contribution in [0.1, 0.15) is 23.2 Å². The summed E-state index contributed by atoms with van der Waals surface area (Å²) in [5, 5.41) is 4.75. The predicted octanol–water partition coefficient (Wildman–Crippen LogP) is 2.47. The van der Waals surface area contributed by atoms with Crippen molar-refractivity contribution >= 4 is 16.7 Å². The highest BCUT2D eigenvalue weighted by atomic mass is 16.3. The van der Waals surface area contributed by atoms with Crippen LogP contribution in [-0.4, -0.2) is 23.4 Å². The normalized spacial score (nSPS) is 18.7. The van der Waals surface area contributed by atoms with Gasteiger partial charge in [0.25, 0.3) is 12.1 Å². The third-order valence-corrected chi connectivity index (χ3v) is 3.54. The van der Waals surface area contributed by atoms with Crippen molar-refractivity contribution in [3.63, 3.8) is 0 Å². The first-order valence-corrected chi connectivity index (χ1v) is 6.48. The molecule has 1 fully saturated rings. The molecule has 4 nitrogen and oxygen atoms in total. The van der Waals surface area contributed by atoms with Crippen molar-refractivity contribution in [3.8, 4) is 0 Å². The van der Waals surface area contributed by atoms with Crippen molar-refractivity contribution in [2.24, 2.45) is 0 Å². The predicted molar refractivity (Wildman–Crippen MR) is 72.9 cm³/mol. The zero-order valence-corrected chi connectivity index (χ0v) is 10.5. The Morgan fingerprint density at radius 1 is 1.16 bits per heavy atom. The topological polar surface area (TPSA) is 49.2 Å². The van der Waals surface area contributed by atoms with Crippen LogP contribution in [0, 0.1) is 4.91 Å². The number of carbonyl (C=O) groups excluding carboxylic acids is 1. The summed E-state index contributed by atoms with van der Waals surface area (Å²) in [6.07, 6.45) is 1.18. The second-order valence-corrected chi connectivity index (χ2v) is 4.80. The van der Waals surface area contributed by atoms with Crippen LogP contribution in [0.4, 0.5) is 0 Å². The lowest BCUT2D eigenvalue weighted by molar-refractivity contribution is -0.568. The number of fused-ring (bicyclic) bond motifs is 1. The van der Waals surface area contributed by atoms with Gasteiger partial charge in [-0.3, -0.25) is 10.1 Å². The molecule has 19 heavy (non-hydrogen) atoms. The van der Waals surface area contributed by atoms with Gasteiger partial charge in [0.1, 0.15) is 0 Å². The van der Waals surface area contributed by atoms with Crippen molar-refractivity contribution in [3.05, 3.63) is 52.9 Å². The number of nitroso groups, excluding NO2 is 1. The molecule has 0 spiro atoms. The maximum atomic E-state index is 12.3. The molecule has 1 aliphatic heterocycles. The molecule has 1 aliphatic rings. The molecular formula is C15H15N2O2+. The third kappa shape index (κ3) is 2.21. The van der Waals surface area contributed by atoms with E-state index in [9.17, 15) is 9.70 Å². The van der Waals surface area contributed by atoms with E-state index in [0.29, 0.717) is 12.1 Å². The lowest BCUT2D eigenvalue weighted by Crippen LogP contribution is -2.38. The van der Waals surface area contributed by atoms with Crippen LogP contribution in [0.3, 0.4) is 0 Å². The first-order valence-electron chi connectivity index (χ1n) is 6.48. The number of nitrogens with zero attached hydrogens (tertiary/aromatic N) is 1. The summed E-state index contributed by atoms with van der Waals surface area (Å²) in [4.78, 5) is 23.8. The minimum Gasteiger partial charge on any atom is -0.291 e. The lowest BCUT2D eigenvalue weighted by atomic mass is 10.0. The van der Waals surface area contributed by atoms with E-state index in [0.717, 1.165) is 28.4 Å². The average molecular weight is 255 g/mol. The molecule has 1 amide bonds. The van der Waals surface area contributed by atoms with Crippen LogP contribution in [0.15, 0.2) is 42.5 Å². The molecule has 0 aliphatic carbocycles. The maximum absolute atomic E-state index is 12.3. The van der Waals surface area contributed by atoms with Gasteiger partial charge in [-0.1, -0.05) is 36.4 Å². The number of nitrogens with one attached hydrogen (secondary N) is 1. The molecule has 0 saturated carbocycles. The SMILES string of the molecule is O=C(N[C@@H]1CCC[N+]1=O)c1cccc2ccccc12. The van der Waals surface area contributed by atoms with E-state index >= 15 is 0 Å². The Morgan fingerprint density at radius 2 is 1.95 bits per heavy atom. The van der Waals surface area contributed by atoms with E-state index in [1.807, 2.05) is 36.4 Å². The Morgan fingerprint density at radius 3 is 2.74 bits per heavy atom. The summed E-state index contributed by atoms with van der Waals surface area (Å²) in [5.74, 6) is -0.176. The summed E-state index contributed by atoms with van der Waals surface area (Å²) in [7, 11) is 0. The van der Waals surface area contributed by atoms with Gasteiger partial charge in [0.05, 0.1) is 0 Å². The van der Waals surface area contributed by atoms with Gasteiger partial charge in [-0.25, -0.2) is 0 Å². The van der Waals surface area contributed by atoms with Crippen molar-refractivity contribution in [2.75, 3.05) is 6.54 Å². The molecule has 0 radical (unpaired) electrons. The van der Waals surface area contributed by atoms with Crippen LogP contribution < -0.4 is 5.32 Å². The standard InChI is InChI=1S/C15H14N2O2/c18-15(16-14-9-4-10-17(14)19)13-8-3-6-11-5-1-2-7-12(11)13/h1-3,5-8,14H,4,9-10H2/p+1/t14-/m0/s1. The Bertz CT molecular complexity index is 646. The molecule has 1 heterocycles. The van der Waals surface area contributed by atoms with Crippen LogP contribution in [0.5, 0.6) is 0 Å².